The fourth-order valence-electron chi connectivity index (χ4n) is 2.62. The number of nitrogen functional groups attached to an aromatic ring is 1. The van der Waals surface area contributed by atoms with Crippen molar-refractivity contribution in [2.75, 3.05) is 26.0 Å². The molecule has 3 N–H and O–H groups in total. The molecule has 2 heterocycles. The Morgan fingerprint density at radius 3 is 3.17 bits per heavy atom. The van der Waals surface area contributed by atoms with E-state index in [-0.39, 0.29) is 11.8 Å². The molecule has 0 saturated heterocycles. The van der Waals surface area contributed by atoms with Crippen molar-refractivity contribution in [2.45, 2.75) is 12.8 Å². The van der Waals surface area contributed by atoms with Crippen molar-refractivity contribution < 1.29 is 14.3 Å². The maximum atomic E-state index is 12.3. The Morgan fingerprint density at radius 1 is 1.57 bits per heavy atom. The monoisotopic (exact) mass is 333 g/mol. The standard InChI is InChI=1S/C16H19N3O3S/c1-21-13-4-2-3-10-7-11(8-22-14(10)13)15(20)18-6-5-12-9-23-16(17)19-12/h2-4,9,11H,5-8H2,1H3,(H2,17,19)(H,18,20). The maximum absolute atomic E-state index is 12.3. The third-order valence-electron chi connectivity index (χ3n) is 3.80. The van der Waals surface area contributed by atoms with Gasteiger partial charge in [0.25, 0.3) is 0 Å². The highest BCUT2D eigenvalue weighted by Crippen LogP contribution is 2.35. The van der Waals surface area contributed by atoms with E-state index >= 15 is 0 Å². The van der Waals surface area contributed by atoms with Gasteiger partial charge in [-0.2, -0.15) is 0 Å². The van der Waals surface area contributed by atoms with Crippen molar-refractivity contribution in [2.24, 2.45) is 5.92 Å². The third kappa shape index (κ3) is 3.56. The minimum Gasteiger partial charge on any atom is -0.493 e. The number of carbonyl (C=O) groups is 1. The summed E-state index contributed by atoms with van der Waals surface area (Å²) >= 11 is 1.41. The number of hydrogen-bond acceptors (Lipinski definition) is 6. The lowest BCUT2D eigenvalue weighted by atomic mass is 9.95. The Morgan fingerprint density at radius 2 is 2.43 bits per heavy atom. The summed E-state index contributed by atoms with van der Waals surface area (Å²) in [7, 11) is 1.61. The molecule has 1 unspecified atom stereocenters. The van der Waals surface area contributed by atoms with E-state index < -0.39 is 0 Å². The topological polar surface area (TPSA) is 86.5 Å². The maximum Gasteiger partial charge on any atom is 0.226 e. The number of rotatable bonds is 5. The van der Waals surface area contributed by atoms with Gasteiger partial charge in [-0.3, -0.25) is 4.79 Å². The highest BCUT2D eigenvalue weighted by atomic mass is 32.1. The van der Waals surface area contributed by atoms with Crippen LogP contribution in [0.2, 0.25) is 0 Å². The van der Waals surface area contributed by atoms with Gasteiger partial charge in [0, 0.05) is 18.3 Å². The fraction of sp³-hybridized carbons (Fsp3) is 0.375. The predicted octanol–water partition coefficient (Wildman–Crippen LogP) is 1.64. The lowest BCUT2D eigenvalue weighted by Crippen LogP contribution is -2.38. The van der Waals surface area contributed by atoms with Crippen molar-refractivity contribution in [1.82, 2.24) is 10.3 Å². The second-order valence-corrected chi connectivity index (χ2v) is 6.27. The van der Waals surface area contributed by atoms with Gasteiger partial charge in [0.2, 0.25) is 5.91 Å². The van der Waals surface area contributed by atoms with E-state index in [4.69, 9.17) is 15.2 Å². The first-order valence-corrected chi connectivity index (χ1v) is 8.31. The number of benzene rings is 1. The SMILES string of the molecule is COc1cccc2c1OCC(C(=O)NCCc1csc(N)n1)C2. The normalized spacial score (nSPS) is 16.3. The molecule has 0 radical (unpaired) electrons. The average Bonchev–Trinajstić information content (AvgIpc) is 2.99. The molecule has 0 aliphatic carbocycles. The summed E-state index contributed by atoms with van der Waals surface area (Å²) in [6.45, 7) is 0.909. The van der Waals surface area contributed by atoms with Crippen LogP contribution in [0.3, 0.4) is 0 Å². The molecule has 6 nitrogen and oxygen atoms in total. The quantitative estimate of drug-likeness (QED) is 0.869. The number of nitrogens with one attached hydrogen (secondary N) is 1. The summed E-state index contributed by atoms with van der Waals surface area (Å²) in [5.74, 6) is 1.27. The molecule has 1 aromatic carbocycles. The average molecular weight is 333 g/mol. The zero-order valence-electron chi connectivity index (χ0n) is 12.9. The molecule has 23 heavy (non-hydrogen) atoms. The molecule has 1 aliphatic rings. The second kappa shape index (κ2) is 6.87. The molecule has 3 rings (SSSR count). The van der Waals surface area contributed by atoms with Crippen LogP contribution in [0, 0.1) is 5.92 Å². The lowest BCUT2D eigenvalue weighted by Gasteiger charge is -2.25. The molecule has 1 amide bonds. The van der Waals surface area contributed by atoms with Gasteiger partial charge in [0.15, 0.2) is 16.6 Å². The van der Waals surface area contributed by atoms with Crippen LogP contribution in [0.25, 0.3) is 0 Å². The number of hydrogen-bond donors (Lipinski definition) is 2. The summed E-state index contributed by atoms with van der Waals surface area (Å²) in [6, 6.07) is 5.74. The Bertz CT molecular complexity index is 702. The molecule has 122 valence electrons. The van der Waals surface area contributed by atoms with E-state index in [0.29, 0.717) is 36.9 Å². The first-order chi connectivity index (χ1) is 11.2. The van der Waals surface area contributed by atoms with Crippen LogP contribution < -0.4 is 20.5 Å². The smallest absolute Gasteiger partial charge is 0.226 e. The molecule has 7 heteroatoms. The van der Waals surface area contributed by atoms with Crippen molar-refractivity contribution in [1.29, 1.82) is 0 Å². The van der Waals surface area contributed by atoms with Crippen LogP contribution in [0.1, 0.15) is 11.3 Å². The number of fused-ring (bicyclic) bond motifs is 1. The summed E-state index contributed by atoms with van der Waals surface area (Å²) in [4.78, 5) is 16.5. The van der Waals surface area contributed by atoms with E-state index in [1.54, 1.807) is 7.11 Å². The van der Waals surface area contributed by atoms with Crippen molar-refractivity contribution >= 4 is 22.4 Å². The first kappa shape index (κ1) is 15.6. The van der Waals surface area contributed by atoms with Crippen LogP contribution in [0.5, 0.6) is 11.5 Å². The van der Waals surface area contributed by atoms with Crippen molar-refractivity contribution in [3.63, 3.8) is 0 Å². The van der Waals surface area contributed by atoms with Gasteiger partial charge in [-0.15, -0.1) is 11.3 Å². The Hall–Kier alpha value is -2.28. The van der Waals surface area contributed by atoms with E-state index in [2.05, 4.69) is 10.3 Å². The number of methoxy groups -OCH3 is 1. The zero-order valence-corrected chi connectivity index (χ0v) is 13.7. The number of anilines is 1. The largest absolute Gasteiger partial charge is 0.493 e. The second-order valence-electron chi connectivity index (χ2n) is 5.38. The van der Waals surface area contributed by atoms with Gasteiger partial charge in [0.1, 0.15) is 6.61 Å². The minimum absolute atomic E-state index is 0.00155. The Kier molecular flexibility index (Phi) is 4.66. The van der Waals surface area contributed by atoms with E-state index in [0.717, 1.165) is 17.0 Å². The van der Waals surface area contributed by atoms with Gasteiger partial charge in [-0.25, -0.2) is 4.98 Å². The number of para-hydroxylation sites is 1. The highest BCUT2D eigenvalue weighted by Gasteiger charge is 2.27. The summed E-state index contributed by atoms with van der Waals surface area (Å²) < 4.78 is 11.0. The van der Waals surface area contributed by atoms with Gasteiger partial charge in [-0.05, 0) is 18.1 Å². The molecule has 1 atom stereocenters. The molecular formula is C16H19N3O3S. The summed E-state index contributed by atoms with van der Waals surface area (Å²) in [5, 5.41) is 5.41. The van der Waals surface area contributed by atoms with Crippen LogP contribution in [-0.2, 0) is 17.6 Å². The number of carbonyl (C=O) groups excluding carboxylic acids is 1. The summed E-state index contributed by atoms with van der Waals surface area (Å²) in [5.41, 5.74) is 7.50. The number of aromatic nitrogens is 1. The predicted molar refractivity (Wildman–Crippen MR) is 88.9 cm³/mol. The minimum atomic E-state index is -0.185. The van der Waals surface area contributed by atoms with Gasteiger partial charge >= 0.3 is 0 Å². The third-order valence-corrected chi connectivity index (χ3v) is 4.52. The number of thiazole rings is 1. The molecular weight excluding hydrogens is 314 g/mol. The van der Waals surface area contributed by atoms with Crippen LogP contribution in [0.15, 0.2) is 23.6 Å². The highest BCUT2D eigenvalue weighted by molar-refractivity contribution is 7.13. The Labute approximate surface area is 138 Å². The first-order valence-electron chi connectivity index (χ1n) is 7.43. The zero-order chi connectivity index (χ0) is 16.2. The number of nitrogens with two attached hydrogens (primary N) is 1. The van der Waals surface area contributed by atoms with Crippen LogP contribution >= 0.6 is 11.3 Å². The van der Waals surface area contributed by atoms with Gasteiger partial charge in [0.05, 0.1) is 18.7 Å². The molecule has 0 bridgehead atoms. The van der Waals surface area contributed by atoms with E-state index in [1.807, 2.05) is 23.6 Å². The molecule has 0 fully saturated rings. The lowest BCUT2D eigenvalue weighted by molar-refractivity contribution is -0.126. The van der Waals surface area contributed by atoms with E-state index in [9.17, 15) is 4.79 Å². The molecule has 0 saturated carbocycles. The summed E-state index contributed by atoms with van der Waals surface area (Å²) in [6.07, 6.45) is 1.33. The fourth-order valence-corrected chi connectivity index (χ4v) is 3.22. The van der Waals surface area contributed by atoms with E-state index in [1.165, 1.54) is 11.3 Å². The number of nitrogens with zero attached hydrogens (tertiary/aromatic N) is 1. The number of amides is 1. The van der Waals surface area contributed by atoms with Gasteiger partial charge < -0.3 is 20.5 Å². The Balaban J connectivity index is 1.54. The van der Waals surface area contributed by atoms with Crippen LogP contribution in [-0.4, -0.2) is 31.2 Å². The molecule has 0 spiro atoms. The molecule has 2 aromatic rings. The van der Waals surface area contributed by atoms with Crippen LogP contribution in [0.4, 0.5) is 5.13 Å². The van der Waals surface area contributed by atoms with Crippen molar-refractivity contribution in [3.05, 3.63) is 34.8 Å². The molecule has 1 aliphatic heterocycles. The number of ether oxygens (including phenoxy) is 2. The van der Waals surface area contributed by atoms with Crippen molar-refractivity contribution in [3.8, 4) is 11.5 Å². The van der Waals surface area contributed by atoms with Gasteiger partial charge in [-0.1, -0.05) is 12.1 Å². The molecule has 1 aromatic heterocycles.